The number of halogens is 1. The zero-order valence-electron chi connectivity index (χ0n) is 31.4. The number of carbonyl (C=O) groups is 2. The van der Waals surface area contributed by atoms with Gasteiger partial charge in [0.2, 0.25) is 0 Å². The van der Waals surface area contributed by atoms with Crippen molar-refractivity contribution in [2.24, 2.45) is 56.7 Å². The number of allylic oxidation sites excluding steroid dienone is 5. The third-order valence-electron chi connectivity index (χ3n) is 17.1. The van der Waals surface area contributed by atoms with Crippen LogP contribution in [0.4, 0.5) is 9.18 Å². The van der Waals surface area contributed by atoms with E-state index in [2.05, 4.69) is 70.9 Å². The molecule has 10 atom stereocenters. The van der Waals surface area contributed by atoms with Gasteiger partial charge >= 0.3 is 12.0 Å². The van der Waals surface area contributed by atoms with E-state index in [-0.39, 0.29) is 33.2 Å². The normalized spacial score (nSPS) is 45.7. The van der Waals surface area contributed by atoms with Crippen LogP contribution in [-0.2, 0) is 4.79 Å². The lowest BCUT2D eigenvalue weighted by atomic mass is 9.33. The SMILES string of the molecule is C=C(C)C1CCC2(NCCN3CCNC3=O)CCC3(C)C(CCC4C5(C)CC=C(C6=CCC(CF)(C(=O)O)CC6)C(C)(C)C5CCC43C)C12. The van der Waals surface area contributed by atoms with Crippen molar-refractivity contribution in [3.8, 4) is 0 Å². The van der Waals surface area contributed by atoms with Gasteiger partial charge in [0.05, 0.1) is 5.41 Å². The van der Waals surface area contributed by atoms with Crippen LogP contribution in [0.5, 0.6) is 0 Å². The van der Waals surface area contributed by atoms with Crippen LogP contribution in [0.2, 0.25) is 0 Å². The molecule has 1 aliphatic heterocycles. The molecule has 1 heterocycles. The number of hydrogen-bond donors (Lipinski definition) is 3. The highest BCUT2D eigenvalue weighted by Gasteiger charge is 2.70. The third-order valence-corrected chi connectivity index (χ3v) is 17.1. The van der Waals surface area contributed by atoms with Gasteiger partial charge in [0, 0.05) is 31.7 Å². The number of carboxylic acids is 1. The Bertz CT molecular complexity index is 1450. The lowest BCUT2D eigenvalue weighted by Gasteiger charge is -2.72. The number of carbonyl (C=O) groups excluding carboxylic acids is 1. The average molecular weight is 678 g/mol. The second-order valence-corrected chi connectivity index (χ2v) is 19.2. The van der Waals surface area contributed by atoms with Crippen molar-refractivity contribution in [1.29, 1.82) is 0 Å². The average Bonchev–Trinajstić information content (AvgIpc) is 3.65. The van der Waals surface area contributed by atoms with Gasteiger partial charge in [-0.25, -0.2) is 9.18 Å². The number of hydrogen-bond acceptors (Lipinski definition) is 3. The molecule has 272 valence electrons. The summed E-state index contributed by atoms with van der Waals surface area (Å²) >= 11 is 0. The minimum Gasteiger partial charge on any atom is -0.481 e. The Morgan fingerprint density at radius 3 is 2.41 bits per heavy atom. The van der Waals surface area contributed by atoms with Crippen LogP contribution in [0.15, 0.2) is 35.5 Å². The number of alkyl halides is 1. The van der Waals surface area contributed by atoms with E-state index in [1.807, 2.05) is 4.90 Å². The van der Waals surface area contributed by atoms with Gasteiger partial charge in [0.1, 0.15) is 6.67 Å². The third kappa shape index (κ3) is 5.00. The molecule has 0 bridgehead atoms. The number of fused-ring (bicyclic) bond motifs is 7. The Hall–Kier alpha value is -2.15. The van der Waals surface area contributed by atoms with Crippen molar-refractivity contribution >= 4 is 12.0 Å². The van der Waals surface area contributed by atoms with E-state index in [1.54, 1.807) is 0 Å². The summed E-state index contributed by atoms with van der Waals surface area (Å²) < 4.78 is 14.0. The van der Waals surface area contributed by atoms with Gasteiger partial charge in [-0.2, -0.15) is 0 Å². The molecular weight excluding hydrogens is 613 g/mol. The van der Waals surface area contributed by atoms with E-state index in [4.69, 9.17) is 0 Å². The fraction of sp³-hybridized carbons (Fsp3) is 0.810. The van der Waals surface area contributed by atoms with Crippen LogP contribution in [0.25, 0.3) is 0 Å². The molecule has 7 heteroatoms. The standard InChI is InChI=1S/C42H64FN3O3/c1-27(2)29-12-19-42(45-23-25-46-24-22-44-36(46)49)21-20-39(6)31(34(29)42)8-9-33-38(5)15-13-30(37(3,4)32(38)14-16-40(33,39)7)28-10-17-41(26-43,18-11-28)35(47)48/h10,13,29,31-34,45H,1,8-9,11-12,14-26H2,2-7H3,(H,44,49)(H,47,48). The van der Waals surface area contributed by atoms with Gasteiger partial charge in [0.15, 0.2) is 0 Å². The van der Waals surface area contributed by atoms with E-state index in [9.17, 15) is 19.1 Å². The molecule has 0 radical (unpaired) electrons. The molecule has 0 aromatic heterocycles. The van der Waals surface area contributed by atoms with E-state index in [0.717, 1.165) is 32.6 Å². The molecule has 5 fully saturated rings. The van der Waals surface area contributed by atoms with Crippen LogP contribution < -0.4 is 10.6 Å². The first-order chi connectivity index (χ1) is 23.1. The molecule has 1 saturated heterocycles. The fourth-order valence-electron chi connectivity index (χ4n) is 14.3. The number of urea groups is 1. The van der Waals surface area contributed by atoms with Crippen molar-refractivity contribution in [3.05, 3.63) is 35.5 Å². The molecule has 3 N–H and O–H groups in total. The molecule has 2 amide bonds. The second kappa shape index (κ2) is 12.0. The van der Waals surface area contributed by atoms with Crippen LogP contribution in [-0.4, -0.2) is 60.4 Å². The van der Waals surface area contributed by atoms with Gasteiger partial charge in [-0.3, -0.25) is 4.79 Å². The zero-order chi connectivity index (χ0) is 35.2. The molecule has 49 heavy (non-hydrogen) atoms. The Morgan fingerprint density at radius 1 is 1.00 bits per heavy atom. The van der Waals surface area contributed by atoms with Gasteiger partial charge in [-0.05, 0) is 146 Å². The van der Waals surface area contributed by atoms with E-state index >= 15 is 0 Å². The largest absolute Gasteiger partial charge is 0.481 e. The van der Waals surface area contributed by atoms with Crippen molar-refractivity contribution < 1.29 is 19.1 Å². The van der Waals surface area contributed by atoms with Crippen LogP contribution in [0, 0.1) is 56.7 Å². The molecule has 4 saturated carbocycles. The Labute approximate surface area is 295 Å². The number of rotatable bonds is 8. The first-order valence-electron chi connectivity index (χ1n) is 19.7. The summed E-state index contributed by atoms with van der Waals surface area (Å²) in [6.45, 7) is 22.2. The van der Waals surface area contributed by atoms with E-state index in [1.165, 1.54) is 68.1 Å². The zero-order valence-corrected chi connectivity index (χ0v) is 31.4. The van der Waals surface area contributed by atoms with Crippen molar-refractivity contribution in [2.45, 2.75) is 124 Å². The lowest BCUT2D eigenvalue weighted by molar-refractivity contribution is -0.221. The fourth-order valence-corrected chi connectivity index (χ4v) is 14.3. The topological polar surface area (TPSA) is 81.7 Å². The molecule has 0 spiro atoms. The Balaban J connectivity index is 1.16. The summed E-state index contributed by atoms with van der Waals surface area (Å²) in [4.78, 5) is 26.2. The summed E-state index contributed by atoms with van der Waals surface area (Å²) in [6.07, 6.45) is 17.0. The lowest BCUT2D eigenvalue weighted by Crippen LogP contribution is -2.68. The predicted octanol–water partition coefficient (Wildman–Crippen LogP) is 8.70. The van der Waals surface area contributed by atoms with Crippen LogP contribution in [0.1, 0.15) is 119 Å². The van der Waals surface area contributed by atoms with Gasteiger partial charge in [-0.15, -0.1) is 0 Å². The van der Waals surface area contributed by atoms with E-state index < -0.39 is 18.1 Å². The van der Waals surface area contributed by atoms with Crippen molar-refractivity contribution in [2.75, 3.05) is 32.9 Å². The number of aliphatic carboxylic acids is 1. The maximum Gasteiger partial charge on any atom is 0.317 e. The van der Waals surface area contributed by atoms with Crippen LogP contribution >= 0.6 is 0 Å². The minimum absolute atomic E-state index is 0.00869. The summed E-state index contributed by atoms with van der Waals surface area (Å²) in [5, 5.41) is 16.9. The highest BCUT2D eigenvalue weighted by Crippen LogP contribution is 2.76. The second-order valence-electron chi connectivity index (χ2n) is 19.2. The van der Waals surface area contributed by atoms with Crippen molar-refractivity contribution in [3.63, 3.8) is 0 Å². The number of carboxylic acid groups (broad SMARTS) is 1. The number of amides is 2. The summed E-state index contributed by atoms with van der Waals surface area (Å²) in [7, 11) is 0. The maximum atomic E-state index is 14.0. The minimum atomic E-state index is -1.25. The Morgan fingerprint density at radius 2 is 1.78 bits per heavy atom. The first-order valence-corrected chi connectivity index (χ1v) is 19.7. The van der Waals surface area contributed by atoms with Gasteiger partial charge < -0.3 is 20.6 Å². The quantitative estimate of drug-likeness (QED) is 0.225. The van der Waals surface area contributed by atoms with Gasteiger partial charge in [0.25, 0.3) is 0 Å². The highest BCUT2D eigenvalue weighted by molar-refractivity contribution is 5.76. The molecule has 7 rings (SSSR count). The molecule has 6 nitrogen and oxygen atoms in total. The highest BCUT2D eigenvalue weighted by atomic mass is 19.1. The summed E-state index contributed by atoms with van der Waals surface area (Å²) in [5.41, 5.74) is 3.64. The first kappa shape index (κ1) is 35.3. The van der Waals surface area contributed by atoms with Crippen LogP contribution in [0.3, 0.4) is 0 Å². The molecule has 0 aromatic rings. The molecular formula is C42H64FN3O3. The summed E-state index contributed by atoms with van der Waals surface area (Å²) in [6, 6.07) is 0.0778. The maximum absolute atomic E-state index is 14.0. The van der Waals surface area contributed by atoms with Crippen molar-refractivity contribution in [1.82, 2.24) is 15.5 Å². The Kier molecular flexibility index (Phi) is 8.60. The monoisotopic (exact) mass is 677 g/mol. The van der Waals surface area contributed by atoms with Gasteiger partial charge in [-0.1, -0.05) is 58.9 Å². The molecule has 10 unspecified atom stereocenters. The number of nitrogens with one attached hydrogen (secondary N) is 2. The number of nitrogens with zero attached hydrogens (tertiary/aromatic N) is 1. The van der Waals surface area contributed by atoms with E-state index in [0.29, 0.717) is 48.9 Å². The molecule has 7 aliphatic rings. The smallest absolute Gasteiger partial charge is 0.317 e. The molecule has 6 aliphatic carbocycles. The summed E-state index contributed by atoms with van der Waals surface area (Å²) in [5.74, 6) is 2.03. The molecule has 0 aromatic carbocycles. The predicted molar refractivity (Wildman–Crippen MR) is 194 cm³/mol.